The second kappa shape index (κ2) is 13.5. The van der Waals surface area contributed by atoms with Gasteiger partial charge in [0.05, 0.1) is 26.2 Å². The summed E-state index contributed by atoms with van der Waals surface area (Å²) in [5.41, 5.74) is 1.24. The lowest BCUT2D eigenvalue weighted by atomic mass is 10.1. The van der Waals surface area contributed by atoms with E-state index >= 15 is 0 Å². The van der Waals surface area contributed by atoms with Gasteiger partial charge in [-0.05, 0) is 43.4 Å². The molecule has 0 bridgehead atoms. The molecule has 2 aromatic rings. The van der Waals surface area contributed by atoms with Gasteiger partial charge in [0.2, 0.25) is 21.8 Å². The van der Waals surface area contributed by atoms with E-state index in [4.69, 9.17) is 9.47 Å². The van der Waals surface area contributed by atoms with Crippen LogP contribution in [0.2, 0.25) is 0 Å². The zero-order chi connectivity index (χ0) is 27.7. The Kier molecular flexibility index (Phi) is 10.4. The van der Waals surface area contributed by atoms with Crippen LogP contribution in [0.1, 0.15) is 44.6 Å². The predicted octanol–water partition coefficient (Wildman–Crippen LogP) is 3.38. The van der Waals surface area contributed by atoms with E-state index in [0.717, 1.165) is 41.8 Å². The molecule has 0 aliphatic heterocycles. The lowest BCUT2D eigenvalue weighted by molar-refractivity contribution is -0.139. The number of carbonyl (C=O) groups excluding carboxylic acids is 2. The minimum absolute atomic E-state index is 0.110. The van der Waals surface area contributed by atoms with Crippen LogP contribution in [0.4, 0.5) is 5.69 Å². The summed E-state index contributed by atoms with van der Waals surface area (Å²) in [6, 6.07) is 13.8. The Bertz CT molecular complexity index is 1180. The van der Waals surface area contributed by atoms with Gasteiger partial charge in [-0.3, -0.25) is 13.9 Å². The monoisotopic (exact) mass is 545 g/mol. The maximum Gasteiger partial charge on any atom is 0.244 e. The zero-order valence-corrected chi connectivity index (χ0v) is 23.5. The number of benzene rings is 2. The van der Waals surface area contributed by atoms with Crippen molar-refractivity contribution >= 4 is 27.5 Å². The first-order valence-electron chi connectivity index (χ1n) is 13.0. The van der Waals surface area contributed by atoms with Gasteiger partial charge >= 0.3 is 0 Å². The summed E-state index contributed by atoms with van der Waals surface area (Å²) >= 11 is 0. The Hall–Kier alpha value is -3.27. The van der Waals surface area contributed by atoms with Gasteiger partial charge in [-0.1, -0.05) is 50.1 Å². The molecule has 0 radical (unpaired) electrons. The number of methoxy groups -OCH3 is 2. The van der Waals surface area contributed by atoms with E-state index in [-0.39, 0.29) is 29.9 Å². The molecule has 38 heavy (non-hydrogen) atoms. The van der Waals surface area contributed by atoms with Crippen molar-refractivity contribution in [2.75, 3.05) is 37.9 Å². The summed E-state index contributed by atoms with van der Waals surface area (Å²) in [7, 11) is -0.950. The first-order valence-corrected chi connectivity index (χ1v) is 14.9. The summed E-state index contributed by atoms with van der Waals surface area (Å²) in [6.45, 7) is 1.67. The summed E-state index contributed by atoms with van der Waals surface area (Å²) in [4.78, 5) is 28.7. The van der Waals surface area contributed by atoms with Crippen LogP contribution in [0, 0.1) is 0 Å². The predicted molar refractivity (Wildman–Crippen MR) is 148 cm³/mol. The third-order valence-corrected chi connectivity index (χ3v) is 8.03. The van der Waals surface area contributed by atoms with Crippen molar-refractivity contribution in [1.82, 2.24) is 10.2 Å². The molecule has 1 aliphatic rings. The van der Waals surface area contributed by atoms with Crippen LogP contribution in [0.25, 0.3) is 0 Å². The van der Waals surface area contributed by atoms with Gasteiger partial charge in [0.25, 0.3) is 0 Å². The van der Waals surface area contributed by atoms with Gasteiger partial charge in [0, 0.05) is 18.7 Å². The Balaban J connectivity index is 1.91. The number of anilines is 1. The van der Waals surface area contributed by atoms with Crippen molar-refractivity contribution in [3.8, 4) is 11.5 Å². The molecule has 1 N–H and O–H groups in total. The Morgan fingerprint density at radius 3 is 2.32 bits per heavy atom. The maximum absolute atomic E-state index is 13.8. The molecule has 1 aliphatic carbocycles. The highest BCUT2D eigenvalue weighted by Crippen LogP contribution is 2.33. The molecule has 1 atom stereocenters. The second-order valence-corrected chi connectivity index (χ2v) is 11.5. The molecule has 1 fully saturated rings. The first-order chi connectivity index (χ1) is 18.2. The summed E-state index contributed by atoms with van der Waals surface area (Å²) < 4.78 is 37.4. The summed E-state index contributed by atoms with van der Waals surface area (Å²) in [6.07, 6.45) is 5.99. The molecule has 0 heterocycles. The van der Waals surface area contributed by atoms with Crippen LogP contribution in [0.15, 0.2) is 48.5 Å². The average Bonchev–Trinajstić information content (AvgIpc) is 3.42. The fourth-order valence-corrected chi connectivity index (χ4v) is 5.70. The number of sulfonamides is 1. The number of carbonyl (C=O) groups is 2. The molecule has 9 nitrogen and oxygen atoms in total. The highest BCUT2D eigenvalue weighted by Gasteiger charge is 2.33. The van der Waals surface area contributed by atoms with Crippen molar-refractivity contribution in [2.45, 2.75) is 57.5 Å². The van der Waals surface area contributed by atoms with Crippen molar-refractivity contribution < 1.29 is 27.5 Å². The standard InChI is InChI=1S/C28H39N3O6S/c1-5-24(28(33)29-22-13-9-10-14-22)30(18-17-21-11-7-6-8-12-21)27(32)20-31(38(4,34)35)25-16-15-23(36-2)19-26(25)37-3/h6-8,11-12,15-16,19,22,24H,5,9-10,13-14,17-18,20H2,1-4H3,(H,29,33). The summed E-state index contributed by atoms with van der Waals surface area (Å²) in [5.74, 6) is 0.0836. The molecular formula is C28H39N3O6S. The molecule has 0 aromatic heterocycles. The molecule has 1 unspecified atom stereocenters. The Labute approximate surface area is 226 Å². The lowest BCUT2D eigenvalue weighted by Crippen LogP contribution is -2.54. The number of amides is 2. The SMILES string of the molecule is CCC(C(=O)NC1CCCC1)N(CCc1ccccc1)C(=O)CN(c1ccc(OC)cc1OC)S(C)(=O)=O. The molecule has 1 saturated carbocycles. The molecule has 2 amide bonds. The van der Waals surface area contributed by atoms with E-state index in [9.17, 15) is 18.0 Å². The van der Waals surface area contributed by atoms with Gasteiger partial charge < -0.3 is 19.7 Å². The molecule has 10 heteroatoms. The van der Waals surface area contributed by atoms with Gasteiger partial charge in [0.15, 0.2) is 0 Å². The van der Waals surface area contributed by atoms with Gasteiger partial charge in [0.1, 0.15) is 24.1 Å². The van der Waals surface area contributed by atoms with Crippen molar-refractivity contribution in [3.05, 3.63) is 54.1 Å². The third kappa shape index (κ3) is 7.63. The fraction of sp³-hybridized carbons (Fsp3) is 0.500. The third-order valence-electron chi connectivity index (χ3n) is 6.91. The van der Waals surface area contributed by atoms with Crippen LogP contribution in [0.3, 0.4) is 0 Å². The topological polar surface area (TPSA) is 105 Å². The lowest BCUT2D eigenvalue weighted by Gasteiger charge is -2.33. The highest BCUT2D eigenvalue weighted by atomic mass is 32.2. The normalized spacial score (nSPS) is 14.5. The minimum Gasteiger partial charge on any atom is -0.497 e. The number of rotatable bonds is 13. The number of nitrogens with one attached hydrogen (secondary N) is 1. The van der Waals surface area contributed by atoms with E-state index < -0.39 is 28.5 Å². The number of nitrogens with zero attached hydrogens (tertiary/aromatic N) is 2. The molecule has 2 aromatic carbocycles. The number of ether oxygens (including phenoxy) is 2. The van der Waals surface area contributed by atoms with Crippen LogP contribution < -0.4 is 19.1 Å². The van der Waals surface area contributed by atoms with Gasteiger partial charge in [-0.25, -0.2) is 8.42 Å². The quantitative estimate of drug-likeness (QED) is 0.414. The van der Waals surface area contributed by atoms with Crippen LogP contribution in [-0.2, 0) is 26.0 Å². The van der Waals surface area contributed by atoms with E-state index in [1.807, 2.05) is 37.3 Å². The highest BCUT2D eigenvalue weighted by molar-refractivity contribution is 7.92. The van der Waals surface area contributed by atoms with E-state index in [1.165, 1.54) is 19.1 Å². The largest absolute Gasteiger partial charge is 0.497 e. The molecule has 208 valence electrons. The minimum atomic E-state index is -3.87. The molecular weight excluding hydrogens is 506 g/mol. The van der Waals surface area contributed by atoms with E-state index in [2.05, 4.69) is 5.32 Å². The first kappa shape index (κ1) is 29.3. The summed E-state index contributed by atoms with van der Waals surface area (Å²) in [5, 5.41) is 3.11. The maximum atomic E-state index is 13.8. The second-order valence-electron chi connectivity index (χ2n) is 9.54. The Morgan fingerprint density at radius 1 is 1.05 bits per heavy atom. The van der Waals surface area contributed by atoms with Crippen LogP contribution >= 0.6 is 0 Å². The van der Waals surface area contributed by atoms with E-state index in [0.29, 0.717) is 18.6 Å². The number of hydrogen-bond donors (Lipinski definition) is 1. The Morgan fingerprint density at radius 2 is 1.74 bits per heavy atom. The van der Waals surface area contributed by atoms with Crippen molar-refractivity contribution in [3.63, 3.8) is 0 Å². The van der Waals surface area contributed by atoms with Gasteiger partial charge in [-0.15, -0.1) is 0 Å². The molecule has 3 rings (SSSR count). The zero-order valence-electron chi connectivity index (χ0n) is 22.7. The van der Waals surface area contributed by atoms with Crippen LogP contribution in [0.5, 0.6) is 11.5 Å². The smallest absolute Gasteiger partial charge is 0.244 e. The van der Waals surface area contributed by atoms with E-state index in [1.54, 1.807) is 18.2 Å². The molecule has 0 saturated heterocycles. The van der Waals surface area contributed by atoms with Crippen molar-refractivity contribution in [2.24, 2.45) is 0 Å². The van der Waals surface area contributed by atoms with Crippen molar-refractivity contribution in [1.29, 1.82) is 0 Å². The molecule has 0 spiro atoms. The average molecular weight is 546 g/mol. The number of hydrogen-bond acceptors (Lipinski definition) is 6. The fourth-order valence-electron chi connectivity index (χ4n) is 4.85. The van der Waals surface area contributed by atoms with Crippen LogP contribution in [-0.4, -0.2) is 70.8 Å². The van der Waals surface area contributed by atoms with Gasteiger partial charge in [-0.2, -0.15) is 0 Å².